The van der Waals surface area contributed by atoms with Gasteiger partial charge >= 0.3 is 11.9 Å². The van der Waals surface area contributed by atoms with Crippen molar-refractivity contribution in [2.45, 2.75) is 78.2 Å². The molecule has 0 spiro atoms. The Morgan fingerprint density at radius 3 is 2.00 bits per heavy atom. The number of esters is 2. The van der Waals surface area contributed by atoms with E-state index in [4.69, 9.17) is 14.2 Å². The molecule has 2 aromatic carbocycles. The fourth-order valence-electron chi connectivity index (χ4n) is 3.71. The molecular formula is C29H40O5. The van der Waals surface area contributed by atoms with Gasteiger partial charge in [-0.2, -0.15) is 0 Å². The van der Waals surface area contributed by atoms with Crippen LogP contribution in [0.15, 0.2) is 48.5 Å². The van der Waals surface area contributed by atoms with Gasteiger partial charge < -0.3 is 14.2 Å². The largest absolute Gasteiger partial charge is 0.459 e. The molecule has 186 valence electrons. The van der Waals surface area contributed by atoms with Crippen LogP contribution in [0.25, 0.3) is 11.1 Å². The molecular weight excluding hydrogens is 428 g/mol. The first kappa shape index (κ1) is 27.6. The zero-order valence-corrected chi connectivity index (χ0v) is 21.2. The zero-order valence-electron chi connectivity index (χ0n) is 21.2. The van der Waals surface area contributed by atoms with E-state index in [9.17, 15) is 9.59 Å². The maximum atomic E-state index is 12.4. The molecule has 2 atom stereocenters. The first-order chi connectivity index (χ1) is 16.5. The SMILES string of the molecule is CCCCCCCCC(=O)Oc1ccc(-c2ccc(C(=O)OC[C@@H](OC)[C@@H](C)CC)cc2)cc1. The van der Waals surface area contributed by atoms with Crippen LogP contribution in [0, 0.1) is 5.92 Å². The zero-order chi connectivity index (χ0) is 24.8. The van der Waals surface area contributed by atoms with Crippen molar-refractivity contribution in [1.29, 1.82) is 0 Å². The lowest BCUT2D eigenvalue weighted by Gasteiger charge is -2.21. The van der Waals surface area contributed by atoms with Crippen LogP contribution in [0.3, 0.4) is 0 Å². The Morgan fingerprint density at radius 1 is 0.824 bits per heavy atom. The van der Waals surface area contributed by atoms with E-state index in [0.717, 1.165) is 30.4 Å². The lowest BCUT2D eigenvalue weighted by atomic mass is 10.0. The van der Waals surface area contributed by atoms with E-state index in [-0.39, 0.29) is 24.6 Å². The first-order valence-corrected chi connectivity index (χ1v) is 12.6. The molecule has 0 saturated carbocycles. The lowest BCUT2D eigenvalue weighted by Crippen LogP contribution is -2.27. The van der Waals surface area contributed by atoms with Gasteiger partial charge in [0.15, 0.2) is 0 Å². The average Bonchev–Trinajstić information content (AvgIpc) is 2.86. The number of carbonyl (C=O) groups is 2. The van der Waals surface area contributed by atoms with Crippen molar-refractivity contribution in [1.82, 2.24) is 0 Å². The Morgan fingerprint density at radius 2 is 1.41 bits per heavy atom. The van der Waals surface area contributed by atoms with E-state index in [1.54, 1.807) is 31.4 Å². The van der Waals surface area contributed by atoms with Gasteiger partial charge in [-0.1, -0.05) is 83.6 Å². The van der Waals surface area contributed by atoms with E-state index < -0.39 is 0 Å². The predicted molar refractivity (Wildman–Crippen MR) is 136 cm³/mol. The highest BCUT2D eigenvalue weighted by Gasteiger charge is 2.18. The molecule has 0 bridgehead atoms. The van der Waals surface area contributed by atoms with Crippen molar-refractivity contribution in [2.24, 2.45) is 5.92 Å². The van der Waals surface area contributed by atoms with E-state index in [2.05, 4.69) is 20.8 Å². The summed E-state index contributed by atoms with van der Waals surface area (Å²) in [4.78, 5) is 24.4. The number of rotatable bonds is 15. The van der Waals surface area contributed by atoms with Crippen LogP contribution in [-0.2, 0) is 14.3 Å². The maximum Gasteiger partial charge on any atom is 0.338 e. The van der Waals surface area contributed by atoms with Crippen LogP contribution < -0.4 is 4.74 Å². The highest BCUT2D eigenvalue weighted by molar-refractivity contribution is 5.90. The average molecular weight is 469 g/mol. The summed E-state index contributed by atoms with van der Waals surface area (Å²) < 4.78 is 16.3. The third kappa shape index (κ3) is 9.30. The minimum atomic E-state index is -0.357. The van der Waals surface area contributed by atoms with E-state index >= 15 is 0 Å². The summed E-state index contributed by atoms with van der Waals surface area (Å²) in [5.41, 5.74) is 2.45. The summed E-state index contributed by atoms with van der Waals surface area (Å²) in [6.45, 7) is 6.61. The summed E-state index contributed by atoms with van der Waals surface area (Å²) in [7, 11) is 1.64. The van der Waals surface area contributed by atoms with Crippen molar-refractivity contribution in [3.63, 3.8) is 0 Å². The number of carbonyl (C=O) groups excluding carboxylic acids is 2. The fraction of sp³-hybridized carbons (Fsp3) is 0.517. The molecule has 0 radical (unpaired) electrons. The molecule has 0 amide bonds. The minimum absolute atomic E-state index is 0.105. The molecule has 0 aliphatic rings. The molecule has 0 aromatic heterocycles. The normalized spacial score (nSPS) is 12.7. The Bertz CT molecular complexity index is 857. The monoisotopic (exact) mass is 468 g/mol. The standard InChI is InChI=1S/C29H40O5/c1-5-7-8-9-10-11-12-28(30)34-26-19-17-24(18-20-26)23-13-15-25(16-14-23)29(31)33-21-27(32-4)22(3)6-2/h13-20,22,27H,5-12,21H2,1-4H3/t22-,27+/m0/s1. The van der Waals surface area contributed by atoms with Crippen molar-refractivity contribution >= 4 is 11.9 Å². The molecule has 0 aliphatic heterocycles. The predicted octanol–water partition coefficient (Wildman–Crippen LogP) is 7.23. The number of unbranched alkanes of at least 4 members (excludes halogenated alkanes) is 5. The highest BCUT2D eigenvalue weighted by atomic mass is 16.6. The molecule has 0 fully saturated rings. The van der Waals surface area contributed by atoms with Crippen LogP contribution in [0.2, 0.25) is 0 Å². The first-order valence-electron chi connectivity index (χ1n) is 12.6. The van der Waals surface area contributed by atoms with Crippen molar-refractivity contribution < 1.29 is 23.8 Å². The van der Waals surface area contributed by atoms with Crippen LogP contribution in [0.1, 0.15) is 82.5 Å². The maximum absolute atomic E-state index is 12.4. The molecule has 0 aliphatic carbocycles. The second kappa shape index (κ2) is 15.3. The smallest absolute Gasteiger partial charge is 0.338 e. The lowest BCUT2D eigenvalue weighted by molar-refractivity contribution is -0.134. The van der Waals surface area contributed by atoms with Gasteiger partial charge in [0.1, 0.15) is 12.4 Å². The number of hydrogen-bond donors (Lipinski definition) is 0. The van der Waals surface area contributed by atoms with Crippen LogP contribution in [-0.4, -0.2) is 31.8 Å². The second-order valence-electron chi connectivity index (χ2n) is 8.85. The van der Waals surface area contributed by atoms with E-state index in [1.807, 2.05) is 24.3 Å². The van der Waals surface area contributed by atoms with Gasteiger partial charge in [-0.15, -0.1) is 0 Å². The van der Waals surface area contributed by atoms with Gasteiger partial charge in [0.25, 0.3) is 0 Å². The Balaban J connectivity index is 1.83. The van der Waals surface area contributed by atoms with E-state index in [0.29, 0.717) is 23.7 Å². The molecule has 5 nitrogen and oxygen atoms in total. The molecule has 0 unspecified atom stereocenters. The van der Waals surface area contributed by atoms with Crippen molar-refractivity contribution in [3.05, 3.63) is 54.1 Å². The number of methoxy groups -OCH3 is 1. The molecule has 0 N–H and O–H groups in total. The molecule has 2 rings (SSSR count). The molecule has 0 saturated heterocycles. The van der Waals surface area contributed by atoms with Crippen molar-refractivity contribution in [3.8, 4) is 16.9 Å². The van der Waals surface area contributed by atoms with Gasteiger partial charge in [-0.25, -0.2) is 4.79 Å². The van der Waals surface area contributed by atoms with Gasteiger partial charge in [-0.05, 0) is 47.7 Å². The molecule has 0 heterocycles. The summed E-state index contributed by atoms with van der Waals surface area (Å²) in [5.74, 6) is 0.326. The third-order valence-electron chi connectivity index (χ3n) is 6.23. The Kier molecular flexibility index (Phi) is 12.4. The van der Waals surface area contributed by atoms with Gasteiger partial charge in [0.2, 0.25) is 0 Å². The topological polar surface area (TPSA) is 61.8 Å². The number of ether oxygens (including phenoxy) is 3. The van der Waals surface area contributed by atoms with Crippen molar-refractivity contribution in [2.75, 3.05) is 13.7 Å². The highest BCUT2D eigenvalue weighted by Crippen LogP contribution is 2.24. The quantitative estimate of drug-likeness (QED) is 0.157. The minimum Gasteiger partial charge on any atom is -0.459 e. The van der Waals surface area contributed by atoms with Crippen LogP contribution in [0.4, 0.5) is 0 Å². The fourth-order valence-corrected chi connectivity index (χ4v) is 3.71. The summed E-state index contributed by atoms with van der Waals surface area (Å²) in [6.07, 6.45) is 8.16. The molecule has 34 heavy (non-hydrogen) atoms. The van der Waals surface area contributed by atoms with E-state index in [1.165, 1.54) is 25.7 Å². The third-order valence-corrected chi connectivity index (χ3v) is 6.23. The summed E-state index contributed by atoms with van der Waals surface area (Å²) in [5, 5.41) is 0. The molecule has 2 aromatic rings. The number of hydrogen-bond acceptors (Lipinski definition) is 5. The summed E-state index contributed by atoms with van der Waals surface area (Å²) in [6, 6.07) is 14.7. The van der Waals surface area contributed by atoms with Gasteiger partial charge in [0.05, 0.1) is 11.7 Å². The van der Waals surface area contributed by atoms with Gasteiger partial charge in [-0.3, -0.25) is 4.79 Å². The van der Waals surface area contributed by atoms with Crippen LogP contribution >= 0.6 is 0 Å². The molecule has 5 heteroatoms. The Hall–Kier alpha value is -2.66. The Labute approximate surface area is 204 Å². The van der Waals surface area contributed by atoms with Crippen LogP contribution in [0.5, 0.6) is 5.75 Å². The number of benzene rings is 2. The summed E-state index contributed by atoms with van der Waals surface area (Å²) >= 11 is 0. The second-order valence-corrected chi connectivity index (χ2v) is 8.85. The van der Waals surface area contributed by atoms with Gasteiger partial charge in [0, 0.05) is 13.5 Å².